The summed E-state index contributed by atoms with van der Waals surface area (Å²) < 4.78 is 23.4. The average molecular weight is 214 g/mol. The summed E-state index contributed by atoms with van der Waals surface area (Å²) in [4.78, 5) is 0.296. The van der Waals surface area contributed by atoms with Crippen LogP contribution in [0.3, 0.4) is 0 Å². The SMILES string of the molecule is C=C/C(=C\C=C/C)S(=O)(=O)CC(C)C. The fraction of sp³-hybridized carbons (Fsp3) is 0.455. The van der Waals surface area contributed by atoms with Gasteiger partial charge in [0.1, 0.15) is 0 Å². The van der Waals surface area contributed by atoms with E-state index in [1.54, 1.807) is 18.2 Å². The van der Waals surface area contributed by atoms with Gasteiger partial charge in [-0.05, 0) is 18.9 Å². The first-order chi connectivity index (χ1) is 6.44. The Morgan fingerprint density at radius 1 is 1.43 bits per heavy atom. The molecule has 0 amide bonds. The molecule has 0 spiro atoms. The van der Waals surface area contributed by atoms with E-state index in [4.69, 9.17) is 0 Å². The molecule has 0 atom stereocenters. The van der Waals surface area contributed by atoms with E-state index in [9.17, 15) is 8.42 Å². The van der Waals surface area contributed by atoms with E-state index in [0.29, 0.717) is 4.91 Å². The molecule has 0 radical (unpaired) electrons. The minimum atomic E-state index is -3.15. The van der Waals surface area contributed by atoms with Crippen LogP contribution in [0.5, 0.6) is 0 Å². The molecule has 0 aromatic rings. The van der Waals surface area contributed by atoms with Crippen LogP contribution in [0.1, 0.15) is 20.8 Å². The van der Waals surface area contributed by atoms with Gasteiger partial charge in [0.05, 0.1) is 10.7 Å². The number of hydrogen-bond acceptors (Lipinski definition) is 2. The molecule has 0 fully saturated rings. The second-order valence-electron chi connectivity index (χ2n) is 3.47. The third-order valence-electron chi connectivity index (χ3n) is 1.57. The van der Waals surface area contributed by atoms with Crippen LogP contribution in [0, 0.1) is 5.92 Å². The lowest BCUT2D eigenvalue weighted by Crippen LogP contribution is -2.12. The third kappa shape index (κ3) is 4.42. The van der Waals surface area contributed by atoms with E-state index in [1.165, 1.54) is 6.08 Å². The second-order valence-corrected chi connectivity index (χ2v) is 5.51. The molecular weight excluding hydrogens is 196 g/mol. The van der Waals surface area contributed by atoms with Crippen LogP contribution in [0.25, 0.3) is 0 Å². The van der Waals surface area contributed by atoms with Crippen molar-refractivity contribution in [3.63, 3.8) is 0 Å². The molecule has 0 aliphatic carbocycles. The van der Waals surface area contributed by atoms with Gasteiger partial charge >= 0.3 is 0 Å². The monoisotopic (exact) mass is 214 g/mol. The van der Waals surface area contributed by atoms with E-state index in [2.05, 4.69) is 6.58 Å². The second kappa shape index (κ2) is 5.81. The fourth-order valence-corrected chi connectivity index (χ4v) is 2.63. The van der Waals surface area contributed by atoms with E-state index in [1.807, 2.05) is 20.8 Å². The highest BCUT2D eigenvalue weighted by Gasteiger charge is 2.15. The number of allylic oxidation sites excluding steroid dienone is 4. The maximum atomic E-state index is 11.7. The van der Waals surface area contributed by atoms with Crippen molar-refractivity contribution in [3.05, 3.63) is 35.8 Å². The molecule has 0 heterocycles. The zero-order valence-corrected chi connectivity index (χ0v) is 9.84. The zero-order chi connectivity index (χ0) is 11.2. The smallest absolute Gasteiger partial charge is 0.178 e. The van der Waals surface area contributed by atoms with Crippen molar-refractivity contribution in [2.24, 2.45) is 5.92 Å². The summed E-state index contributed by atoms with van der Waals surface area (Å²) in [5.74, 6) is 0.302. The van der Waals surface area contributed by atoms with Gasteiger partial charge in [0, 0.05) is 0 Å². The Kier molecular flexibility index (Phi) is 5.46. The van der Waals surface area contributed by atoms with Crippen LogP contribution < -0.4 is 0 Å². The van der Waals surface area contributed by atoms with Crippen LogP contribution in [0.4, 0.5) is 0 Å². The first kappa shape index (κ1) is 13.2. The molecule has 2 nitrogen and oxygen atoms in total. The molecule has 0 unspecified atom stereocenters. The van der Waals surface area contributed by atoms with Gasteiger partial charge in [0.25, 0.3) is 0 Å². The van der Waals surface area contributed by atoms with Crippen molar-refractivity contribution in [1.82, 2.24) is 0 Å². The summed E-state index contributed by atoms with van der Waals surface area (Å²) in [6, 6.07) is 0. The Morgan fingerprint density at radius 2 is 2.00 bits per heavy atom. The van der Waals surface area contributed by atoms with Gasteiger partial charge in [0.2, 0.25) is 0 Å². The molecule has 0 bridgehead atoms. The zero-order valence-electron chi connectivity index (χ0n) is 9.03. The molecule has 0 aromatic heterocycles. The summed E-state index contributed by atoms with van der Waals surface area (Å²) in [5, 5.41) is 0. The Morgan fingerprint density at radius 3 is 2.36 bits per heavy atom. The Labute approximate surface area is 86.9 Å². The molecule has 80 valence electrons. The minimum Gasteiger partial charge on any atom is -0.224 e. The maximum Gasteiger partial charge on any atom is 0.178 e. The molecule has 0 N–H and O–H groups in total. The highest BCUT2D eigenvalue weighted by Crippen LogP contribution is 2.12. The van der Waals surface area contributed by atoms with E-state index < -0.39 is 9.84 Å². The van der Waals surface area contributed by atoms with Crippen molar-refractivity contribution >= 4 is 9.84 Å². The molecule has 0 rings (SSSR count). The van der Waals surface area contributed by atoms with Crippen molar-refractivity contribution in [1.29, 1.82) is 0 Å². The molecule has 0 saturated carbocycles. The predicted octanol–water partition coefficient (Wildman–Crippen LogP) is 2.70. The average Bonchev–Trinajstić information content (AvgIpc) is 2.02. The molecule has 0 aliphatic heterocycles. The summed E-state index contributed by atoms with van der Waals surface area (Å²) in [5.41, 5.74) is 0. The van der Waals surface area contributed by atoms with Crippen LogP contribution in [-0.2, 0) is 9.84 Å². The molecule has 0 aliphatic rings. The van der Waals surface area contributed by atoms with Crippen LogP contribution in [-0.4, -0.2) is 14.2 Å². The number of hydrogen-bond donors (Lipinski definition) is 0. The fourth-order valence-electron chi connectivity index (χ4n) is 1.02. The van der Waals surface area contributed by atoms with Crippen LogP contribution in [0.2, 0.25) is 0 Å². The summed E-state index contributed by atoms with van der Waals surface area (Å²) >= 11 is 0. The predicted molar refractivity (Wildman–Crippen MR) is 61.7 cm³/mol. The van der Waals surface area contributed by atoms with Crippen molar-refractivity contribution in [2.45, 2.75) is 20.8 Å². The highest BCUT2D eigenvalue weighted by atomic mass is 32.2. The normalized spacial score (nSPS) is 13.9. The van der Waals surface area contributed by atoms with Gasteiger partial charge in [-0.3, -0.25) is 0 Å². The summed E-state index contributed by atoms with van der Waals surface area (Å²) in [6.45, 7) is 9.11. The highest BCUT2D eigenvalue weighted by molar-refractivity contribution is 7.95. The van der Waals surface area contributed by atoms with Crippen molar-refractivity contribution < 1.29 is 8.42 Å². The van der Waals surface area contributed by atoms with Crippen molar-refractivity contribution in [3.8, 4) is 0 Å². The van der Waals surface area contributed by atoms with Crippen molar-refractivity contribution in [2.75, 3.05) is 5.75 Å². The van der Waals surface area contributed by atoms with Crippen LogP contribution in [0.15, 0.2) is 35.8 Å². The molecule has 3 heteroatoms. The largest absolute Gasteiger partial charge is 0.224 e. The lowest BCUT2D eigenvalue weighted by molar-refractivity contribution is 0.589. The number of sulfone groups is 1. The lowest BCUT2D eigenvalue weighted by Gasteiger charge is -2.06. The molecule has 0 saturated heterocycles. The Bertz CT molecular complexity index is 332. The molecular formula is C11H18O2S. The minimum absolute atomic E-state index is 0.133. The van der Waals surface area contributed by atoms with Crippen LogP contribution >= 0.6 is 0 Å². The number of rotatable bonds is 5. The molecule has 0 aromatic carbocycles. The Hall–Kier alpha value is -0.830. The van der Waals surface area contributed by atoms with E-state index in [0.717, 1.165) is 0 Å². The quantitative estimate of drug-likeness (QED) is 0.659. The Balaban J connectivity index is 4.94. The van der Waals surface area contributed by atoms with Gasteiger partial charge in [-0.25, -0.2) is 8.42 Å². The lowest BCUT2D eigenvalue weighted by atomic mass is 10.3. The summed E-state index contributed by atoms with van der Waals surface area (Å²) in [7, 11) is -3.15. The first-order valence-electron chi connectivity index (χ1n) is 4.62. The van der Waals surface area contributed by atoms with Gasteiger partial charge in [-0.2, -0.15) is 0 Å². The van der Waals surface area contributed by atoms with E-state index in [-0.39, 0.29) is 11.7 Å². The topological polar surface area (TPSA) is 34.1 Å². The first-order valence-corrected chi connectivity index (χ1v) is 6.27. The summed E-state index contributed by atoms with van der Waals surface area (Å²) in [6.07, 6.45) is 6.45. The van der Waals surface area contributed by atoms with Gasteiger partial charge < -0.3 is 0 Å². The van der Waals surface area contributed by atoms with Gasteiger partial charge in [0.15, 0.2) is 9.84 Å². The van der Waals surface area contributed by atoms with E-state index >= 15 is 0 Å². The maximum absolute atomic E-state index is 11.7. The molecule has 14 heavy (non-hydrogen) atoms. The van der Waals surface area contributed by atoms with Gasteiger partial charge in [-0.15, -0.1) is 0 Å². The standard InChI is InChI=1S/C11H18O2S/c1-5-7-8-11(6-2)14(12,13)9-10(3)4/h5-8,10H,2,9H2,1,3-4H3/b7-5-,11-8+. The van der Waals surface area contributed by atoms with Gasteiger partial charge in [-0.1, -0.05) is 38.7 Å². The third-order valence-corrected chi connectivity index (χ3v) is 3.69.